The van der Waals surface area contributed by atoms with Gasteiger partial charge in [0.1, 0.15) is 0 Å². The van der Waals surface area contributed by atoms with Crippen LogP contribution in [0.1, 0.15) is 21.7 Å². The fraction of sp³-hybridized carbons (Fsp3) is 0.176. The molecule has 0 spiro atoms. The Bertz CT molecular complexity index is 730. The summed E-state index contributed by atoms with van der Waals surface area (Å²) in [4.78, 5) is 24.1. The van der Waals surface area contributed by atoms with E-state index in [4.69, 9.17) is 23.2 Å². The lowest BCUT2D eigenvalue weighted by Crippen LogP contribution is -2.28. The monoisotopic (exact) mass is 382 g/mol. The van der Waals surface area contributed by atoms with E-state index in [1.54, 1.807) is 30.3 Å². The maximum Gasteiger partial charge on any atom is 0.261 e. The van der Waals surface area contributed by atoms with Crippen molar-refractivity contribution in [2.75, 3.05) is 13.1 Å². The van der Waals surface area contributed by atoms with Crippen molar-refractivity contribution in [3.8, 4) is 0 Å². The Morgan fingerprint density at radius 3 is 2.62 bits per heavy atom. The molecular formula is C17H16Cl2N2O2S. The SMILES string of the molecule is O=C(/C=C/c1ccc(Cl)cc1Cl)NCCCNC(=O)c1cccs1. The second kappa shape index (κ2) is 9.47. The van der Waals surface area contributed by atoms with Gasteiger partial charge in [-0.05, 0) is 41.6 Å². The molecule has 2 aromatic rings. The Kier molecular flexibility index (Phi) is 7.31. The molecule has 0 saturated heterocycles. The van der Waals surface area contributed by atoms with Crippen LogP contribution in [0.25, 0.3) is 6.08 Å². The fourth-order valence-corrected chi connectivity index (χ4v) is 2.97. The molecule has 7 heteroatoms. The minimum Gasteiger partial charge on any atom is -0.352 e. The highest BCUT2D eigenvalue weighted by molar-refractivity contribution is 7.12. The molecule has 0 unspecified atom stereocenters. The van der Waals surface area contributed by atoms with E-state index in [9.17, 15) is 9.59 Å². The summed E-state index contributed by atoms with van der Waals surface area (Å²) >= 11 is 13.2. The first kappa shape index (κ1) is 18.5. The molecule has 0 aliphatic carbocycles. The third-order valence-corrected chi connectivity index (χ3v) is 4.49. The number of hydrogen-bond donors (Lipinski definition) is 2. The largest absolute Gasteiger partial charge is 0.352 e. The number of halogens is 2. The van der Waals surface area contributed by atoms with Gasteiger partial charge >= 0.3 is 0 Å². The van der Waals surface area contributed by atoms with Gasteiger partial charge in [0.25, 0.3) is 5.91 Å². The summed E-state index contributed by atoms with van der Waals surface area (Å²) in [5, 5.41) is 8.44. The summed E-state index contributed by atoms with van der Waals surface area (Å²) in [6.45, 7) is 0.978. The number of rotatable bonds is 7. The average molecular weight is 383 g/mol. The molecule has 0 bridgehead atoms. The van der Waals surface area contributed by atoms with Gasteiger partial charge < -0.3 is 10.6 Å². The molecule has 4 nitrogen and oxygen atoms in total. The first-order valence-corrected chi connectivity index (χ1v) is 8.92. The van der Waals surface area contributed by atoms with E-state index >= 15 is 0 Å². The smallest absolute Gasteiger partial charge is 0.261 e. The summed E-state index contributed by atoms with van der Waals surface area (Å²) < 4.78 is 0. The average Bonchev–Trinajstić information content (AvgIpc) is 3.08. The van der Waals surface area contributed by atoms with E-state index in [0.29, 0.717) is 34.4 Å². The highest BCUT2D eigenvalue weighted by atomic mass is 35.5. The number of hydrogen-bond acceptors (Lipinski definition) is 3. The zero-order valence-corrected chi connectivity index (χ0v) is 15.0. The van der Waals surface area contributed by atoms with Gasteiger partial charge in [-0.15, -0.1) is 11.3 Å². The van der Waals surface area contributed by atoms with Crippen molar-refractivity contribution in [1.82, 2.24) is 10.6 Å². The zero-order chi connectivity index (χ0) is 17.4. The summed E-state index contributed by atoms with van der Waals surface area (Å²) in [6.07, 6.45) is 3.70. The molecule has 24 heavy (non-hydrogen) atoms. The highest BCUT2D eigenvalue weighted by Crippen LogP contribution is 2.21. The first-order chi connectivity index (χ1) is 11.6. The number of carbonyl (C=O) groups is 2. The molecular weight excluding hydrogens is 367 g/mol. The van der Waals surface area contributed by atoms with Crippen molar-refractivity contribution >= 4 is 52.4 Å². The van der Waals surface area contributed by atoms with Crippen LogP contribution in [0, 0.1) is 0 Å². The van der Waals surface area contributed by atoms with Crippen molar-refractivity contribution in [2.45, 2.75) is 6.42 Å². The molecule has 2 N–H and O–H groups in total. The van der Waals surface area contributed by atoms with Gasteiger partial charge in [-0.25, -0.2) is 0 Å². The Balaban J connectivity index is 1.66. The molecule has 0 radical (unpaired) electrons. The van der Waals surface area contributed by atoms with Gasteiger partial charge in [0.05, 0.1) is 4.88 Å². The van der Waals surface area contributed by atoms with E-state index in [1.807, 2.05) is 11.4 Å². The topological polar surface area (TPSA) is 58.2 Å². The molecule has 2 amide bonds. The lowest BCUT2D eigenvalue weighted by atomic mass is 10.2. The normalized spacial score (nSPS) is 10.8. The van der Waals surface area contributed by atoms with Crippen LogP contribution in [0.2, 0.25) is 10.0 Å². The summed E-state index contributed by atoms with van der Waals surface area (Å²) in [5.41, 5.74) is 0.722. The molecule has 1 aromatic carbocycles. The van der Waals surface area contributed by atoms with Crippen LogP contribution in [0.15, 0.2) is 41.8 Å². The molecule has 1 aromatic heterocycles. The quantitative estimate of drug-likeness (QED) is 0.561. The molecule has 0 aliphatic rings. The summed E-state index contributed by atoms with van der Waals surface area (Å²) in [5.74, 6) is -0.306. The summed E-state index contributed by atoms with van der Waals surface area (Å²) in [7, 11) is 0. The van der Waals surface area contributed by atoms with E-state index in [2.05, 4.69) is 10.6 Å². The van der Waals surface area contributed by atoms with Gasteiger partial charge in [-0.3, -0.25) is 9.59 Å². The first-order valence-electron chi connectivity index (χ1n) is 7.29. The minimum atomic E-state index is -0.217. The molecule has 1 heterocycles. The van der Waals surface area contributed by atoms with Crippen LogP contribution in [-0.4, -0.2) is 24.9 Å². The van der Waals surface area contributed by atoms with Crippen molar-refractivity contribution in [3.63, 3.8) is 0 Å². The van der Waals surface area contributed by atoms with E-state index in [0.717, 1.165) is 5.56 Å². The molecule has 0 aliphatic heterocycles. The van der Waals surface area contributed by atoms with Crippen LogP contribution in [0.3, 0.4) is 0 Å². The van der Waals surface area contributed by atoms with Gasteiger partial charge in [0, 0.05) is 29.2 Å². The molecule has 0 fully saturated rings. The standard InChI is InChI=1S/C17H16Cl2N2O2S/c18-13-6-4-12(14(19)11-13)5-7-16(22)20-8-2-9-21-17(23)15-3-1-10-24-15/h1,3-7,10-11H,2,8-9H2,(H,20,22)(H,21,23)/b7-5+. The van der Waals surface area contributed by atoms with Gasteiger partial charge in [0.2, 0.25) is 5.91 Å². The second-order valence-corrected chi connectivity index (χ2v) is 6.67. The van der Waals surface area contributed by atoms with Gasteiger partial charge in [-0.2, -0.15) is 0 Å². The second-order valence-electron chi connectivity index (χ2n) is 4.88. The third-order valence-electron chi connectivity index (χ3n) is 3.06. The van der Waals surface area contributed by atoms with Gasteiger partial charge in [0.15, 0.2) is 0 Å². The zero-order valence-electron chi connectivity index (χ0n) is 12.7. The maximum atomic E-state index is 11.7. The van der Waals surface area contributed by atoms with Crippen molar-refractivity contribution in [1.29, 1.82) is 0 Å². The number of nitrogens with one attached hydrogen (secondary N) is 2. The van der Waals surface area contributed by atoms with Crippen LogP contribution >= 0.6 is 34.5 Å². The molecule has 0 saturated carbocycles. The van der Waals surface area contributed by atoms with E-state index in [-0.39, 0.29) is 11.8 Å². The number of thiophene rings is 1. The summed E-state index contributed by atoms with van der Waals surface area (Å²) in [6, 6.07) is 8.68. The predicted octanol–water partition coefficient (Wildman–Crippen LogP) is 4.00. The van der Waals surface area contributed by atoms with Crippen LogP contribution in [0.4, 0.5) is 0 Å². The van der Waals surface area contributed by atoms with Crippen LogP contribution in [-0.2, 0) is 4.79 Å². The van der Waals surface area contributed by atoms with E-state index < -0.39 is 0 Å². The van der Waals surface area contributed by atoms with E-state index in [1.165, 1.54) is 17.4 Å². The Hall–Kier alpha value is -1.82. The third kappa shape index (κ3) is 6.00. The Morgan fingerprint density at radius 1 is 1.12 bits per heavy atom. The molecule has 126 valence electrons. The number of benzene rings is 1. The lowest BCUT2D eigenvalue weighted by molar-refractivity contribution is -0.116. The fourth-order valence-electron chi connectivity index (χ4n) is 1.86. The molecule has 2 rings (SSSR count). The Labute approximate surface area is 154 Å². The predicted molar refractivity (Wildman–Crippen MR) is 99.8 cm³/mol. The maximum absolute atomic E-state index is 11.7. The Morgan fingerprint density at radius 2 is 1.92 bits per heavy atom. The van der Waals surface area contributed by atoms with Crippen LogP contribution < -0.4 is 10.6 Å². The number of carbonyl (C=O) groups excluding carboxylic acids is 2. The van der Waals surface area contributed by atoms with Crippen molar-refractivity contribution in [2.24, 2.45) is 0 Å². The van der Waals surface area contributed by atoms with Crippen molar-refractivity contribution < 1.29 is 9.59 Å². The van der Waals surface area contributed by atoms with Crippen LogP contribution in [0.5, 0.6) is 0 Å². The number of amides is 2. The minimum absolute atomic E-state index is 0.0893. The lowest BCUT2D eigenvalue weighted by Gasteiger charge is -2.04. The van der Waals surface area contributed by atoms with Gasteiger partial charge in [-0.1, -0.05) is 35.3 Å². The highest BCUT2D eigenvalue weighted by Gasteiger charge is 2.04. The van der Waals surface area contributed by atoms with Crippen molar-refractivity contribution in [3.05, 3.63) is 62.3 Å². The molecule has 0 atom stereocenters.